The molecule has 0 bridgehead atoms. The van der Waals surface area contributed by atoms with E-state index >= 15 is 0 Å². The molecular weight excluding hydrogens is 332 g/mol. The van der Waals surface area contributed by atoms with Gasteiger partial charge in [0.1, 0.15) is 18.2 Å². The second kappa shape index (κ2) is 5.69. The first-order chi connectivity index (χ1) is 13.2. The van der Waals surface area contributed by atoms with E-state index in [4.69, 9.17) is 11.0 Å². The van der Waals surface area contributed by atoms with Crippen LogP contribution in [0.1, 0.15) is 5.56 Å². The van der Waals surface area contributed by atoms with Crippen LogP contribution < -0.4 is 4.57 Å². The molecule has 3 aromatic carbocycles. The lowest BCUT2D eigenvalue weighted by atomic mass is 10.00. The molecule has 0 aliphatic rings. The fourth-order valence-electron chi connectivity index (χ4n) is 3.95. The molecule has 0 saturated carbocycles. The van der Waals surface area contributed by atoms with Gasteiger partial charge in [-0.2, -0.15) is 4.57 Å². The molecule has 0 spiro atoms. The normalized spacial score (nSPS) is 11.3. The number of para-hydroxylation sites is 2. The topological polar surface area (TPSA) is 21.4 Å². The highest BCUT2D eigenvalue weighted by Gasteiger charge is 2.22. The number of benzene rings is 3. The lowest BCUT2D eigenvalue weighted by Crippen LogP contribution is -2.32. The number of hydrogen-bond acceptors (Lipinski definition) is 1. The van der Waals surface area contributed by atoms with Crippen molar-refractivity contribution in [3.8, 4) is 11.3 Å². The monoisotopic (exact) mass is 349 g/mol. The molecule has 0 aliphatic carbocycles. The first-order valence-corrected chi connectivity index (χ1v) is 8.89. The highest BCUT2D eigenvalue weighted by atomic mass is 16.3. The maximum absolute atomic E-state index is 7.44. The van der Waals surface area contributed by atoms with E-state index in [1.165, 1.54) is 10.9 Å². The average Bonchev–Trinajstić information content (AvgIpc) is 3.08. The summed E-state index contributed by atoms with van der Waals surface area (Å²) in [7, 11) is 2.09. The third kappa shape index (κ3) is 2.17. The highest BCUT2D eigenvalue weighted by Crippen LogP contribution is 2.40. The minimum atomic E-state index is 0.551. The number of aryl methyl sites for hydroxylation is 2. The summed E-state index contributed by atoms with van der Waals surface area (Å²) in [6.07, 6.45) is 0. The zero-order valence-corrected chi connectivity index (χ0v) is 15.2. The number of hydrogen-bond donors (Lipinski definition) is 0. The number of nitrogens with zero attached hydrogens (tertiary/aromatic N) is 2. The van der Waals surface area contributed by atoms with Gasteiger partial charge in [-0.1, -0.05) is 42.5 Å². The number of pyridine rings is 1. The zero-order chi connectivity index (χ0) is 18.5. The van der Waals surface area contributed by atoms with Crippen molar-refractivity contribution in [1.29, 1.82) is 0 Å². The molecule has 5 rings (SSSR count). The summed E-state index contributed by atoms with van der Waals surface area (Å²) < 4.78 is 8.49. The van der Waals surface area contributed by atoms with E-state index in [0.29, 0.717) is 11.3 Å². The minimum absolute atomic E-state index is 0.551. The van der Waals surface area contributed by atoms with Crippen LogP contribution in [0.2, 0.25) is 0 Å². The van der Waals surface area contributed by atoms with Crippen LogP contribution in [0.25, 0.3) is 48.9 Å². The molecular formula is C24H17N2O+. The van der Waals surface area contributed by atoms with E-state index in [0.717, 1.165) is 33.2 Å². The van der Waals surface area contributed by atoms with Crippen LogP contribution in [0.4, 0.5) is 5.69 Å². The quantitative estimate of drug-likeness (QED) is 0.265. The van der Waals surface area contributed by atoms with Crippen LogP contribution in [-0.2, 0) is 7.05 Å². The van der Waals surface area contributed by atoms with E-state index in [9.17, 15) is 0 Å². The number of furan rings is 1. The van der Waals surface area contributed by atoms with E-state index in [2.05, 4.69) is 71.9 Å². The van der Waals surface area contributed by atoms with Crippen LogP contribution in [0, 0.1) is 13.5 Å². The maximum Gasteiger partial charge on any atom is 0.229 e. The van der Waals surface area contributed by atoms with Crippen LogP contribution in [-0.4, -0.2) is 0 Å². The lowest BCUT2D eigenvalue weighted by Gasteiger charge is -2.07. The van der Waals surface area contributed by atoms with Gasteiger partial charge in [0.05, 0.1) is 12.1 Å². The van der Waals surface area contributed by atoms with Gasteiger partial charge in [0.25, 0.3) is 0 Å². The third-order valence-electron chi connectivity index (χ3n) is 5.31. The van der Waals surface area contributed by atoms with Gasteiger partial charge >= 0.3 is 0 Å². The van der Waals surface area contributed by atoms with Crippen LogP contribution in [0.5, 0.6) is 0 Å². The molecule has 0 amide bonds. The van der Waals surface area contributed by atoms with Crippen molar-refractivity contribution in [3.05, 3.63) is 83.7 Å². The van der Waals surface area contributed by atoms with Crippen LogP contribution in [0.15, 0.2) is 71.1 Å². The molecule has 0 N–H and O–H groups in total. The molecule has 3 nitrogen and oxygen atoms in total. The Balaban J connectivity index is 1.93. The lowest BCUT2D eigenvalue weighted by molar-refractivity contribution is -0.633. The molecule has 27 heavy (non-hydrogen) atoms. The average molecular weight is 349 g/mol. The summed E-state index contributed by atoms with van der Waals surface area (Å²) in [4.78, 5) is 3.63. The van der Waals surface area contributed by atoms with E-state index in [1.807, 2.05) is 12.1 Å². The van der Waals surface area contributed by atoms with Gasteiger partial charge in [-0.25, -0.2) is 4.85 Å². The fraction of sp³-hybridized carbons (Fsp3) is 0.0833. The Morgan fingerprint density at radius 2 is 1.67 bits per heavy atom. The van der Waals surface area contributed by atoms with Gasteiger partial charge in [-0.15, -0.1) is 0 Å². The summed E-state index contributed by atoms with van der Waals surface area (Å²) in [6, 6.07) is 22.6. The van der Waals surface area contributed by atoms with E-state index in [-0.39, 0.29) is 0 Å². The van der Waals surface area contributed by atoms with Gasteiger partial charge in [0.15, 0.2) is 0 Å². The van der Waals surface area contributed by atoms with Gasteiger partial charge in [-0.3, -0.25) is 0 Å². The van der Waals surface area contributed by atoms with Crippen molar-refractivity contribution in [2.45, 2.75) is 6.92 Å². The van der Waals surface area contributed by atoms with Gasteiger partial charge in [-0.05, 0) is 24.6 Å². The van der Waals surface area contributed by atoms with Gasteiger partial charge < -0.3 is 4.42 Å². The second-order valence-corrected chi connectivity index (χ2v) is 6.84. The van der Waals surface area contributed by atoms with Crippen molar-refractivity contribution >= 4 is 38.5 Å². The molecule has 5 aromatic rings. The smallest absolute Gasteiger partial charge is 0.229 e. The molecule has 0 atom stereocenters. The molecule has 2 aromatic heterocycles. The molecule has 0 fully saturated rings. The van der Waals surface area contributed by atoms with Crippen molar-refractivity contribution in [3.63, 3.8) is 0 Å². The third-order valence-corrected chi connectivity index (χ3v) is 5.31. The first kappa shape index (κ1) is 15.6. The highest BCUT2D eigenvalue weighted by molar-refractivity contribution is 6.12. The maximum atomic E-state index is 7.44. The fourth-order valence-corrected chi connectivity index (χ4v) is 3.95. The first-order valence-electron chi connectivity index (χ1n) is 8.89. The molecule has 0 radical (unpaired) electrons. The van der Waals surface area contributed by atoms with Gasteiger partial charge in [0, 0.05) is 28.3 Å². The number of fused-ring (bicyclic) bond motifs is 4. The van der Waals surface area contributed by atoms with Crippen LogP contribution >= 0.6 is 0 Å². The standard InChI is InChI=1S/C24H17N2O/c1-15-11-13-18-17-8-6-9-19(25-2)23(17)27-24(18)22(15)21-14-12-16-7-4-5-10-20(16)26(21)3/h4-14H,1,3H3/q+1. The number of aromatic nitrogens is 1. The predicted molar refractivity (Wildman–Crippen MR) is 109 cm³/mol. The SMILES string of the molecule is [C-]#[N+]c1cccc2c1oc1c(-c3ccc4ccccc4[n+]3C)c(C)ccc12. The summed E-state index contributed by atoms with van der Waals surface area (Å²) in [5, 5.41) is 3.24. The summed E-state index contributed by atoms with van der Waals surface area (Å²) in [5.41, 5.74) is 6.55. The van der Waals surface area contributed by atoms with Crippen LogP contribution in [0.3, 0.4) is 0 Å². The number of rotatable bonds is 1. The Morgan fingerprint density at radius 1 is 0.852 bits per heavy atom. The van der Waals surface area contributed by atoms with Crippen molar-refractivity contribution in [2.24, 2.45) is 7.05 Å². The molecule has 3 heteroatoms. The molecule has 2 heterocycles. The molecule has 128 valence electrons. The second-order valence-electron chi connectivity index (χ2n) is 6.84. The van der Waals surface area contributed by atoms with E-state index < -0.39 is 0 Å². The minimum Gasteiger partial charge on any atom is -0.466 e. The zero-order valence-electron chi connectivity index (χ0n) is 15.2. The van der Waals surface area contributed by atoms with Gasteiger partial charge in [0.2, 0.25) is 16.9 Å². The summed E-state index contributed by atoms with van der Waals surface area (Å²) in [6.45, 7) is 9.55. The Hall–Kier alpha value is -3.64. The Morgan fingerprint density at radius 3 is 2.52 bits per heavy atom. The molecule has 0 unspecified atom stereocenters. The Bertz CT molecular complexity index is 1400. The molecule has 0 aliphatic heterocycles. The molecule has 0 saturated heterocycles. The Kier molecular flexibility index (Phi) is 3.29. The van der Waals surface area contributed by atoms with Crippen molar-refractivity contribution in [2.75, 3.05) is 0 Å². The van der Waals surface area contributed by atoms with Crippen molar-refractivity contribution in [1.82, 2.24) is 0 Å². The predicted octanol–water partition coefficient (Wildman–Crippen LogP) is 6.09. The Labute approximate surface area is 156 Å². The summed E-state index contributed by atoms with van der Waals surface area (Å²) >= 11 is 0. The summed E-state index contributed by atoms with van der Waals surface area (Å²) in [5.74, 6) is 0. The van der Waals surface area contributed by atoms with Crippen molar-refractivity contribution < 1.29 is 8.98 Å². The van der Waals surface area contributed by atoms with E-state index in [1.54, 1.807) is 6.07 Å². The largest absolute Gasteiger partial charge is 0.466 e.